The maximum Gasteiger partial charge on any atom is 0.273 e. The summed E-state index contributed by atoms with van der Waals surface area (Å²) in [4.78, 5) is 23.3. The van der Waals surface area contributed by atoms with E-state index in [1.807, 2.05) is 30.3 Å². The third-order valence-electron chi connectivity index (χ3n) is 3.96. The van der Waals surface area contributed by atoms with Gasteiger partial charge in [0.05, 0.1) is 11.0 Å². The number of hydrogen-bond acceptors (Lipinski definition) is 3. The van der Waals surface area contributed by atoms with Gasteiger partial charge in [0.1, 0.15) is 0 Å². The second-order valence-electron chi connectivity index (χ2n) is 6.27. The number of nitrogens with one attached hydrogen (secondary N) is 1. The molecule has 0 heterocycles. The number of hydrogen-bond donors (Lipinski definition) is 1. The van der Waals surface area contributed by atoms with Crippen LogP contribution < -0.4 is 5.32 Å². The monoisotopic (exact) mass is 326 g/mol. The van der Waals surface area contributed by atoms with E-state index in [-0.39, 0.29) is 17.6 Å². The minimum atomic E-state index is -0.463. The minimum absolute atomic E-state index is 0.0391. The summed E-state index contributed by atoms with van der Waals surface area (Å²) in [7, 11) is 0. The van der Waals surface area contributed by atoms with Gasteiger partial charge in [-0.1, -0.05) is 50.2 Å². The maximum absolute atomic E-state index is 12.7. The van der Waals surface area contributed by atoms with Crippen LogP contribution in [0.5, 0.6) is 0 Å². The summed E-state index contributed by atoms with van der Waals surface area (Å²) < 4.78 is 0. The molecule has 0 aromatic heterocycles. The molecule has 5 heteroatoms. The molecule has 0 radical (unpaired) electrons. The largest absolute Gasteiger partial charge is 0.345 e. The van der Waals surface area contributed by atoms with Crippen LogP contribution >= 0.6 is 0 Å². The van der Waals surface area contributed by atoms with Crippen LogP contribution in [0.4, 0.5) is 5.69 Å². The fraction of sp³-hybridized carbons (Fsp3) is 0.316. The number of carbonyl (C=O) groups excluding carboxylic acids is 1. The number of nitrogens with zero attached hydrogens (tertiary/aromatic N) is 1. The molecule has 0 bridgehead atoms. The van der Waals surface area contributed by atoms with Crippen LogP contribution in [-0.2, 0) is 0 Å². The van der Waals surface area contributed by atoms with Gasteiger partial charge in [0.2, 0.25) is 0 Å². The van der Waals surface area contributed by atoms with Crippen molar-refractivity contribution in [2.75, 3.05) is 0 Å². The van der Waals surface area contributed by atoms with Crippen LogP contribution in [0, 0.1) is 23.0 Å². The average molecular weight is 326 g/mol. The summed E-state index contributed by atoms with van der Waals surface area (Å²) in [6.07, 6.45) is 0.795. The second-order valence-corrected chi connectivity index (χ2v) is 6.27. The van der Waals surface area contributed by atoms with Gasteiger partial charge in [-0.3, -0.25) is 14.9 Å². The molecule has 2 aromatic rings. The Hall–Kier alpha value is -2.69. The molecular weight excluding hydrogens is 304 g/mol. The van der Waals surface area contributed by atoms with Crippen LogP contribution in [0.25, 0.3) is 0 Å². The molecule has 1 amide bonds. The first-order valence-electron chi connectivity index (χ1n) is 8.00. The lowest BCUT2D eigenvalue weighted by molar-refractivity contribution is -0.385. The molecular formula is C19H22N2O3. The number of benzene rings is 2. The Bertz CT molecular complexity index is 727. The highest BCUT2D eigenvalue weighted by molar-refractivity contribution is 5.96. The molecule has 0 unspecified atom stereocenters. The quantitative estimate of drug-likeness (QED) is 0.631. The van der Waals surface area contributed by atoms with Gasteiger partial charge in [0.15, 0.2) is 0 Å². The topological polar surface area (TPSA) is 72.2 Å². The van der Waals surface area contributed by atoms with Crippen molar-refractivity contribution in [3.8, 4) is 0 Å². The van der Waals surface area contributed by atoms with Gasteiger partial charge in [-0.2, -0.15) is 0 Å². The Kier molecular flexibility index (Phi) is 5.68. The highest BCUT2D eigenvalue weighted by atomic mass is 16.6. The van der Waals surface area contributed by atoms with Crippen molar-refractivity contribution in [2.45, 2.75) is 33.2 Å². The van der Waals surface area contributed by atoms with E-state index >= 15 is 0 Å². The standard InChI is InChI=1S/C19H22N2O3/c1-13(2)12-17(15-8-5-4-6-9-15)20-19(22)16-10-7-11-18(14(16)3)21(23)24/h4-11,13,17H,12H2,1-3H3,(H,20,22)/t17-/m1/s1. The van der Waals surface area contributed by atoms with Gasteiger partial charge < -0.3 is 5.32 Å². The molecule has 126 valence electrons. The van der Waals surface area contributed by atoms with Gasteiger partial charge in [0, 0.05) is 17.2 Å². The van der Waals surface area contributed by atoms with Crippen molar-refractivity contribution < 1.29 is 9.72 Å². The molecule has 0 aliphatic rings. The Morgan fingerprint density at radius 1 is 1.12 bits per heavy atom. The first kappa shape index (κ1) is 17.7. The van der Waals surface area contributed by atoms with E-state index in [0.29, 0.717) is 17.0 Å². The zero-order valence-electron chi connectivity index (χ0n) is 14.2. The zero-order valence-corrected chi connectivity index (χ0v) is 14.2. The van der Waals surface area contributed by atoms with E-state index in [4.69, 9.17) is 0 Å². The van der Waals surface area contributed by atoms with E-state index in [1.54, 1.807) is 19.1 Å². The van der Waals surface area contributed by atoms with E-state index in [9.17, 15) is 14.9 Å². The molecule has 0 saturated carbocycles. The number of rotatable bonds is 6. The van der Waals surface area contributed by atoms with Gasteiger partial charge >= 0.3 is 0 Å². The molecule has 2 aromatic carbocycles. The number of amides is 1. The third-order valence-corrected chi connectivity index (χ3v) is 3.96. The van der Waals surface area contributed by atoms with E-state index in [2.05, 4.69) is 19.2 Å². The van der Waals surface area contributed by atoms with Crippen molar-refractivity contribution in [2.24, 2.45) is 5.92 Å². The van der Waals surface area contributed by atoms with Gasteiger partial charge in [-0.15, -0.1) is 0 Å². The molecule has 1 N–H and O–H groups in total. The van der Waals surface area contributed by atoms with Gasteiger partial charge in [-0.25, -0.2) is 0 Å². The van der Waals surface area contributed by atoms with Crippen molar-refractivity contribution in [1.29, 1.82) is 0 Å². The smallest absolute Gasteiger partial charge is 0.273 e. The van der Waals surface area contributed by atoms with Crippen molar-refractivity contribution >= 4 is 11.6 Å². The summed E-state index contributed by atoms with van der Waals surface area (Å²) in [5, 5.41) is 14.1. The molecule has 24 heavy (non-hydrogen) atoms. The highest BCUT2D eigenvalue weighted by Gasteiger charge is 2.21. The lowest BCUT2D eigenvalue weighted by Crippen LogP contribution is -2.30. The van der Waals surface area contributed by atoms with Crippen LogP contribution in [-0.4, -0.2) is 10.8 Å². The molecule has 0 aliphatic carbocycles. The highest BCUT2D eigenvalue weighted by Crippen LogP contribution is 2.24. The second kappa shape index (κ2) is 7.73. The fourth-order valence-electron chi connectivity index (χ4n) is 2.74. The van der Waals surface area contributed by atoms with Gasteiger partial charge in [0.25, 0.3) is 11.6 Å². The van der Waals surface area contributed by atoms with E-state index in [0.717, 1.165) is 12.0 Å². The first-order valence-corrected chi connectivity index (χ1v) is 8.00. The SMILES string of the molecule is Cc1c(C(=O)N[C@H](CC(C)C)c2ccccc2)cccc1[N+](=O)[O-]. The number of carbonyl (C=O) groups is 1. The fourth-order valence-corrected chi connectivity index (χ4v) is 2.74. The summed E-state index contributed by atoms with van der Waals surface area (Å²) in [6.45, 7) is 5.80. The average Bonchev–Trinajstić information content (AvgIpc) is 2.54. The summed E-state index contributed by atoms with van der Waals surface area (Å²) in [6, 6.07) is 14.2. The molecule has 0 fully saturated rings. The maximum atomic E-state index is 12.7. The molecule has 5 nitrogen and oxygen atoms in total. The number of nitro benzene ring substituents is 1. The molecule has 0 spiro atoms. The van der Waals surface area contributed by atoms with E-state index in [1.165, 1.54) is 6.07 Å². The number of nitro groups is 1. The van der Waals surface area contributed by atoms with Crippen LogP contribution in [0.1, 0.15) is 47.8 Å². The van der Waals surface area contributed by atoms with Crippen LogP contribution in [0.15, 0.2) is 48.5 Å². The lowest BCUT2D eigenvalue weighted by Gasteiger charge is -2.21. The Balaban J connectivity index is 2.28. The van der Waals surface area contributed by atoms with Crippen LogP contribution in [0.3, 0.4) is 0 Å². The lowest BCUT2D eigenvalue weighted by atomic mass is 9.96. The van der Waals surface area contributed by atoms with Gasteiger partial charge in [-0.05, 0) is 30.9 Å². The van der Waals surface area contributed by atoms with E-state index < -0.39 is 4.92 Å². The Labute approximate surface area is 141 Å². The predicted molar refractivity (Wildman–Crippen MR) is 93.9 cm³/mol. The summed E-state index contributed by atoms with van der Waals surface area (Å²) >= 11 is 0. The summed E-state index contributed by atoms with van der Waals surface area (Å²) in [5.41, 5.74) is 1.72. The molecule has 0 saturated heterocycles. The summed E-state index contributed by atoms with van der Waals surface area (Å²) in [5.74, 6) is 0.118. The van der Waals surface area contributed by atoms with Crippen LogP contribution in [0.2, 0.25) is 0 Å². The Morgan fingerprint density at radius 2 is 1.79 bits per heavy atom. The molecule has 1 atom stereocenters. The van der Waals surface area contributed by atoms with Crippen molar-refractivity contribution in [3.05, 3.63) is 75.3 Å². The molecule has 0 aliphatic heterocycles. The third kappa shape index (κ3) is 4.19. The van der Waals surface area contributed by atoms with Crippen molar-refractivity contribution in [1.82, 2.24) is 5.32 Å². The van der Waals surface area contributed by atoms with Crippen molar-refractivity contribution in [3.63, 3.8) is 0 Å². The molecule has 2 rings (SSSR count). The minimum Gasteiger partial charge on any atom is -0.345 e. The first-order chi connectivity index (χ1) is 11.4. The predicted octanol–water partition coefficient (Wildman–Crippen LogP) is 4.42. The Morgan fingerprint density at radius 3 is 2.38 bits per heavy atom. The normalized spacial score (nSPS) is 12.0. The zero-order chi connectivity index (χ0) is 17.7.